The van der Waals surface area contributed by atoms with Crippen LogP contribution in [0, 0.1) is 10.1 Å². The van der Waals surface area contributed by atoms with Crippen LogP contribution in [-0.4, -0.2) is 22.1 Å². The molecule has 1 aliphatic rings. The second-order valence-corrected chi connectivity index (χ2v) is 8.24. The number of thiophene rings is 1. The minimum Gasteiger partial charge on any atom is -0.463 e. The summed E-state index contributed by atoms with van der Waals surface area (Å²) in [5, 5.41) is 12.7. The molecule has 0 aliphatic carbocycles. The monoisotopic (exact) mass is 445 g/mol. The van der Waals surface area contributed by atoms with Crippen molar-refractivity contribution in [2.75, 3.05) is 6.61 Å². The Labute approximate surface area is 177 Å². The van der Waals surface area contributed by atoms with Gasteiger partial charge in [-0.2, -0.15) is 0 Å². The number of esters is 1. The van der Waals surface area contributed by atoms with Gasteiger partial charge in [0.15, 0.2) is 4.80 Å². The van der Waals surface area contributed by atoms with Crippen molar-refractivity contribution in [1.29, 1.82) is 0 Å². The number of hydrogen-bond acceptors (Lipinski definition) is 9. The van der Waals surface area contributed by atoms with Crippen LogP contribution in [0.5, 0.6) is 0 Å². The molecule has 1 unspecified atom stereocenters. The number of nitrogens with zero attached hydrogens (tertiary/aromatic N) is 3. The van der Waals surface area contributed by atoms with Gasteiger partial charge in [0.2, 0.25) is 0 Å². The lowest BCUT2D eigenvalue weighted by atomic mass is 10.0. The fourth-order valence-corrected chi connectivity index (χ4v) is 5.00. The van der Waals surface area contributed by atoms with Gasteiger partial charge in [0.05, 0.1) is 28.5 Å². The summed E-state index contributed by atoms with van der Waals surface area (Å²) >= 11 is 2.54. The number of allylic oxidation sites excluding steroid dienone is 1. The van der Waals surface area contributed by atoms with Crippen LogP contribution in [-0.2, 0) is 9.53 Å². The molecule has 4 rings (SSSR count). The number of thiazole rings is 1. The first kappa shape index (κ1) is 20.0. The molecule has 9 nitrogen and oxygen atoms in total. The molecule has 0 N–H and O–H groups in total. The van der Waals surface area contributed by atoms with Crippen LogP contribution in [0.2, 0.25) is 0 Å². The molecule has 0 amide bonds. The fourth-order valence-electron chi connectivity index (χ4n) is 3.15. The molecular formula is C19H15N3O6S2. The second-order valence-electron chi connectivity index (χ2n) is 6.25. The van der Waals surface area contributed by atoms with E-state index in [0.29, 0.717) is 16.1 Å². The summed E-state index contributed by atoms with van der Waals surface area (Å²) in [7, 11) is 0. The zero-order chi connectivity index (χ0) is 21.4. The van der Waals surface area contributed by atoms with Crippen molar-refractivity contribution in [3.8, 4) is 0 Å². The predicted octanol–water partition coefficient (Wildman–Crippen LogP) is 2.36. The Hall–Kier alpha value is -3.31. The van der Waals surface area contributed by atoms with E-state index >= 15 is 0 Å². The van der Waals surface area contributed by atoms with Crippen molar-refractivity contribution < 1.29 is 18.9 Å². The van der Waals surface area contributed by atoms with Crippen LogP contribution < -0.4 is 14.9 Å². The third kappa shape index (κ3) is 3.42. The van der Waals surface area contributed by atoms with E-state index in [1.807, 2.05) is 17.5 Å². The first-order valence-electron chi connectivity index (χ1n) is 8.88. The molecule has 3 aromatic heterocycles. The minimum absolute atomic E-state index is 0.181. The Bertz CT molecular complexity index is 1340. The molecule has 4 heterocycles. The molecule has 0 bridgehead atoms. The first-order valence-corrected chi connectivity index (χ1v) is 10.6. The number of fused-ring (bicyclic) bond motifs is 1. The molecule has 0 aromatic carbocycles. The predicted molar refractivity (Wildman–Crippen MR) is 110 cm³/mol. The molecule has 1 aliphatic heterocycles. The van der Waals surface area contributed by atoms with Crippen LogP contribution in [0.4, 0.5) is 5.88 Å². The summed E-state index contributed by atoms with van der Waals surface area (Å²) in [6.45, 7) is 3.63. The van der Waals surface area contributed by atoms with E-state index in [-0.39, 0.29) is 22.5 Å². The van der Waals surface area contributed by atoms with E-state index in [0.717, 1.165) is 16.2 Å². The zero-order valence-electron chi connectivity index (χ0n) is 15.9. The smallest absolute Gasteiger partial charge is 0.433 e. The lowest BCUT2D eigenvalue weighted by Gasteiger charge is -2.23. The Morgan fingerprint density at radius 3 is 2.87 bits per heavy atom. The fraction of sp³-hybridized carbons (Fsp3) is 0.211. The molecule has 0 saturated carbocycles. The van der Waals surface area contributed by atoms with E-state index in [2.05, 4.69) is 4.99 Å². The second kappa shape index (κ2) is 7.84. The Balaban J connectivity index is 1.91. The molecule has 154 valence electrons. The van der Waals surface area contributed by atoms with Gasteiger partial charge in [-0.25, -0.2) is 9.79 Å². The lowest BCUT2D eigenvalue weighted by Crippen LogP contribution is -2.39. The van der Waals surface area contributed by atoms with Crippen molar-refractivity contribution in [3.63, 3.8) is 0 Å². The van der Waals surface area contributed by atoms with Crippen LogP contribution in [0.15, 0.2) is 55.1 Å². The number of carbonyl (C=O) groups is 1. The third-order valence-electron chi connectivity index (χ3n) is 4.40. The first-order chi connectivity index (χ1) is 14.4. The van der Waals surface area contributed by atoms with E-state index < -0.39 is 22.8 Å². The highest BCUT2D eigenvalue weighted by Gasteiger charge is 2.33. The van der Waals surface area contributed by atoms with Gasteiger partial charge in [-0.05, 0) is 31.4 Å². The summed E-state index contributed by atoms with van der Waals surface area (Å²) in [6, 6.07) is 5.67. The van der Waals surface area contributed by atoms with Crippen LogP contribution in [0.25, 0.3) is 6.08 Å². The lowest BCUT2D eigenvalue weighted by molar-refractivity contribution is -0.402. The van der Waals surface area contributed by atoms with Crippen molar-refractivity contribution >= 4 is 40.6 Å². The summed E-state index contributed by atoms with van der Waals surface area (Å²) in [5.41, 5.74) is 0.422. The quantitative estimate of drug-likeness (QED) is 0.338. The maximum atomic E-state index is 13.2. The summed E-state index contributed by atoms with van der Waals surface area (Å²) in [4.78, 5) is 41.8. The molecule has 0 spiro atoms. The standard InChI is InChI=1S/C19H15N3O6S2/c1-3-27-18(24)15-10(2)20-19-21(16(15)12-5-4-8-29-12)17(23)13(30-19)9-11-6-7-14(28-11)22(25)26/h4-9,16H,3H2,1-2H3/b13-9-. The summed E-state index contributed by atoms with van der Waals surface area (Å²) < 4.78 is 12.1. The molecule has 0 radical (unpaired) electrons. The topological polar surface area (TPSA) is 117 Å². The van der Waals surface area contributed by atoms with Gasteiger partial charge in [-0.15, -0.1) is 11.3 Å². The maximum absolute atomic E-state index is 13.2. The molecule has 11 heteroatoms. The molecular weight excluding hydrogens is 430 g/mol. The van der Waals surface area contributed by atoms with Crippen molar-refractivity contribution in [1.82, 2.24) is 4.57 Å². The summed E-state index contributed by atoms with van der Waals surface area (Å²) in [6.07, 6.45) is 1.44. The third-order valence-corrected chi connectivity index (χ3v) is 6.30. The molecule has 0 fully saturated rings. The van der Waals surface area contributed by atoms with Gasteiger partial charge in [0.25, 0.3) is 5.56 Å². The highest BCUT2D eigenvalue weighted by Crippen LogP contribution is 2.33. The molecule has 0 saturated heterocycles. The van der Waals surface area contributed by atoms with Crippen molar-refractivity contribution in [3.05, 3.63) is 81.4 Å². The van der Waals surface area contributed by atoms with Crippen molar-refractivity contribution in [2.45, 2.75) is 19.9 Å². The number of ether oxygens (including phenoxy) is 1. The number of rotatable bonds is 5. The number of carbonyl (C=O) groups excluding carboxylic acids is 1. The Morgan fingerprint density at radius 1 is 1.43 bits per heavy atom. The Kier molecular flexibility index (Phi) is 5.22. The number of furan rings is 1. The molecule has 1 atom stereocenters. The van der Waals surface area contributed by atoms with Gasteiger partial charge in [0, 0.05) is 11.0 Å². The van der Waals surface area contributed by atoms with E-state index in [4.69, 9.17) is 9.15 Å². The van der Waals surface area contributed by atoms with Crippen LogP contribution >= 0.6 is 22.7 Å². The SMILES string of the molecule is CCOC(=O)C1=C(C)N=c2s/c(=C\c3ccc([N+](=O)[O-])o3)c(=O)n2C1c1cccs1. The van der Waals surface area contributed by atoms with Gasteiger partial charge in [-0.3, -0.25) is 19.5 Å². The van der Waals surface area contributed by atoms with E-state index in [9.17, 15) is 19.7 Å². The molecule has 3 aromatic rings. The highest BCUT2D eigenvalue weighted by molar-refractivity contribution is 7.10. The average molecular weight is 445 g/mol. The van der Waals surface area contributed by atoms with E-state index in [1.165, 1.54) is 34.1 Å². The normalized spacial score (nSPS) is 16.3. The minimum atomic E-state index is -0.659. The largest absolute Gasteiger partial charge is 0.463 e. The number of nitro groups is 1. The van der Waals surface area contributed by atoms with Crippen LogP contribution in [0.1, 0.15) is 30.5 Å². The number of hydrogen-bond donors (Lipinski definition) is 0. The molecule has 30 heavy (non-hydrogen) atoms. The van der Waals surface area contributed by atoms with Gasteiger partial charge in [0.1, 0.15) is 16.7 Å². The van der Waals surface area contributed by atoms with Gasteiger partial charge >= 0.3 is 11.9 Å². The number of aromatic nitrogens is 1. The average Bonchev–Trinajstić information content (AvgIpc) is 3.43. The van der Waals surface area contributed by atoms with Gasteiger partial charge < -0.3 is 9.15 Å². The van der Waals surface area contributed by atoms with Crippen LogP contribution in [0.3, 0.4) is 0 Å². The maximum Gasteiger partial charge on any atom is 0.433 e. The van der Waals surface area contributed by atoms with Gasteiger partial charge in [-0.1, -0.05) is 17.4 Å². The van der Waals surface area contributed by atoms with Crippen molar-refractivity contribution in [2.24, 2.45) is 4.99 Å². The highest BCUT2D eigenvalue weighted by atomic mass is 32.1. The zero-order valence-corrected chi connectivity index (χ0v) is 17.5. The Morgan fingerprint density at radius 2 is 2.23 bits per heavy atom. The van der Waals surface area contributed by atoms with E-state index in [1.54, 1.807) is 13.8 Å². The summed E-state index contributed by atoms with van der Waals surface area (Å²) in [5.74, 6) is -0.750.